The molecule has 0 atom stereocenters. The molecule has 7 nitrogen and oxygen atoms in total. The molecule has 3 heterocycles. The van der Waals surface area contributed by atoms with Gasteiger partial charge in [-0.15, -0.1) is 0 Å². The van der Waals surface area contributed by atoms with E-state index in [0.717, 1.165) is 10.5 Å². The number of nitrogens with zero attached hydrogens (tertiary/aromatic N) is 4. The molecule has 0 saturated carbocycles. The number of fused-ring (bicyclic) bond motifs is 2. The Kier molecular flexibility index (Phi) is 3.08. The molecule has 0 aliphatic carbocycles. The Balaban J connectivity index is 1.67. The molecule has 0 spiro atoms. The van der Waals surface area contributed by atoms with Crippen molar-refractivity contribution in [3.63, 3.8) is 0 Å². The number of hydrogen-bond donors (Lipinski definition) is 2. The minimum absolute atomic E-state index is 0.129. The van der Waals surface area contributed by atoms with Crippen molar-refractivity contribution >= 4 is 33.8 Å². The Morgan fingerprint density at radius 1 is 1.14 bits per heavy atom. The van der Waals surface area contributed by atoms with Gasteiger partial charge in [-0.2, -0.15) is 0 Å². The van der Waals surface area contributed by atoms with Crippen LogP contribution >= 0.6 is 11.8 Å². The summed E-state index contributed by atoms with van der Waals surface area (Å²) in [6, 6.07) is 7.28. The molecule has 1 aromatic carbocycles. The third kappa shape index (κ3) is 2.23. The number of aromatic amines is 2. The molecule has 8 heteroatoms. The van der Waals surface area contributed by atoms with Gasteiger partial charge in [0.25, 0.3) is 5.56 Å². The van der Waals surface area contributed by atoms with E-state index >= 15 is 0 Å². The molecule has 0 radical (unpaired) electrons. The summed E-state index contributed by atoms with van der Waals surface area (Å²) in [5, 5.41) is 1.37. The van der Waals surface area contributed by atoms with Gasteiger partial charge in [-0.3, -0.25) is 4.79 Å². The normalized spacial score (nSPS) is 11.3. The predicted octanol–water partition coefficient (Wildman–Crippen LogP) is 1.88. The standard InChI is InChI=1S/C14H10N6OS/c21-13-8-3-1-2-4-9(8)19-10(20-13)5-22-14-11-12(16-6-15-11)17-7-18-14/h1-4,6-7H,5H2,(H,19,20,21)(H,15,16,17,18). The van der Waals surface area contributed by atoms with E-state index in [0.29, 0.717) is 28.1 Å². The lowest BCUT2D eigenvalue weighted by Crippen LogP contribution is -2.11. The maximum absolute atomic E-state index is 12.0. The molecule has 0 unspecified atom stereocenters. The molecule has 0 aliphatic heterocycles. The lowest BCUT2D eigenvalue weighted by molar-refractivity contribution is 1.03. The first-order chi connectivity index (χ1) is 10.8. The Morgan fingerprint density at radius 3 is 3.00 bits per heavy atom. The number of para-hydroxylation sites is 1. The molecular formula is C14H10N6OS. The van der Waals surface area contributed by atoms with Crippen molar-refractivity contribution in [2.45, 2.75) is 10.8 Å². The third-order valence-electron chi connectivity index (χ3n) is 3.20. The van der Waals surface area contributed by atoms with E-state index < -0.39 is 0 Å². The maximum Gasteiger partial charge on any atom is 0.258 e. The molecule has 0 fully saturated rings. The second-order valence-electron chi connectivity index (χ2n) is 4.60. The Hall–Kier alpha value is -2.74. The molecule has 0 bridgehead atoms. The monoisotopic (exact) mass is 310 g/mol. The van der Waals surface area contributed by atoms with Crippen molar-refractivity contribution in [2.75, 3.05) is 0 Å². The molecule has 22 heavy (non-hydrogen) atoms. The predicted molar refractivity (Wildman–Crippen MR) is 83.6 cm³/mol. The SMILES string of the molecule is O=c1[nH]c(CSc2ncnc3nc[nH]c23)nc2ccccc12. The van der Waals surface area contributed by atoms with Crippen molar-refractivity contribution in [2.24, 2.45) is 0 Å². The van der Waals surface area contributed by atoms with Gasteiger partial charge in [-0.1, -0.05) is 23.9 Å². The fourth-order valence-electron chi connectivity index (χ4n) is 2.19. The van der Waals surface area contributed by atoms with Crippen LogP contribution in [0.2, 0.25) is 0 Å². The van der Waals surface area contributed by atoms with Gasteiger partial charge in [0.15, 0.2) is 5.65 Å². The van der Waals surface area contributed by atoms with E-state index in [-0.39, 0.29) is 5.56 Å². The minimum atomic E-state index is -0.129. The van der Waals surface area contributed by atoms with Crippen LogP contribution in [0.3, 0.4) is 0 Å². The van der Waals surface area contributed by atoms with Crippen LogP contribution in [-0.2, 0) is 5.75 Å². The Bertz CT molecular complexity index is 1020. The van der Waals surface area contributed by atoms with E-state index in [1.807, 2.05) is 18.2 Å². The number of nitrogens with one attached hydrogen (secondary N) is 2. The quantitative estimate of drug-likeness (QED) is 0.443. The van der Waals surface area contributed by atoms with Gasteiger partial charge in [-0.05, 0) is 12.1 Å². The second kappa shape index (κ2) is 5.23. The highest BCUT2D eigenvalue weighted by atomic mass is 32.2. The van der Waals surface area contributed by atoms with Crippen LogP contribution in [0.4, 0.5) is 0 Å². The fourth-order valence-corrected chi connectivity index (χ4v) is 3.02. The molecule has 0 aliphatic rings. The average Bonchev–Trinajstić information content (AvgIpc) is 3.02. The summed E-state index contributed by atoms with van der Waals surface area (Å²) >= 11 is 1.47. The van der Waals surface area contributed by atoms with E-state index in [9.17, 15) is 4.79 Å². The third-order valence-corrected chi connectivity index (χ3v) is 4.20. The van der Waals surface area contributed by atoms with Crippen molar-refractivity contribution in [3.05, 3.63) is 53.1 Å². The zero-order valence-corrected chi connectivity index (χ0v) is 12.1. The zero-order chi connectivity index (χ0) is 14.9. The van der Waals surface area contributed by atoms with Gasteiger partial charge >= 0.3 is 0 Å². The van der Waals surface area contributed by atoms with Gasteiger partial charge in [0.05, 0.1) is 23.0 Å². The van der Waals surface area contributed by atoms with Crippen LogP contribution in [0.5, 0.6) is 0 Å². The first-order valence-electron chi connectivity index (χ1n) is 6.56. The van der Waals surface area contributed by atoms with Crippen molar-refractivity contribution < 1.29 is 0 Å². The molecule has 0 amide bonds. The lowest BCUT2D eigenvalue weighted by Gasteiger charge is -2.03. The maximum atomic E-state index is 12.0. The van der Waals surface area contributed by atoms with Gasteiger partial charge < -0.3 is 9.97 Å². The van der Waals surface area contributed by atoms with Gasteiger partial charge in [0, 0.05) is 0 Å². The van der Waals surface area contributed by atoms with Crippen LogP contribution < -0.4 is 5.56 Å². The largest absolute Gasteiger partial charge is 0.341 e. The summed E-state index contributed by atoms with van der Waals surface area (Å²) in [5.41, 5.74) is 1.97. The van der Waals surface area contributed by atoms with E-state index in [1.165, 1.54) is 18.1 Å². The zero-order valence-electron chi connectivity index (χ0n) is 11.3. The summed E-state index contributed by atoms with van der Waals surface area (Å²) in [6.45, 7) is 0. The second-order valence-corrected chi connectivity index (χ2v) is 5.56. The number of H-pyrrole nitrogens is 2. The Labute approximate surface area is 128 Å². The number of thioether (sulfide) groups is 1. The average molecular weight is 310 g/mol. The lowest BCUT2D eigenvalue weighted by atomic mass is 10.2. The molecule has 2 N–H and O–H groups in total. The van der Waals surface area contributed by atoms with E-state index in [2.05, 4.69) is 29.9 Å². The first kappa shape index (κ1) is 13.0. The van der Waals surface area contributed by atoms with Crippen LogP contribution in [0.1, 0.15) is 5.82 Å². The molecule has 3 aromatic heterocycles. The number of imidazole rings is 1. The highest BCUT2D eigenvalue weighted by molar-refractivity contribution is 7.98. The Morgan fingerprint density at radius 2 is 2.05 bits per heavy atom. The number of rotatable bonds is 3. The van der Waals surface area contributed by atoms with Crippen molar-refractivity contribution in [3.8, 4) is 0 Å². The number of hydrogen-bond acceptors (Lipinski definition) is 6. The minimum Gasteiger partial charge on any atom is -0.341 e. The first-order valence-corrected chi connectivity index (χ1v) is 7.54. The smallest absolute Gasteiger partial charge is 0.258 e. The molecule has 0 saturated heterocycles. The van der Waals surface area contributed by atoms with Gasteiger partial charge in [0.2, 0.25) is 0 Å². The fraction of sp³-hybridized carbons (Fsp3) is 0.0714. The van der Waals surface area contributed by atoms with E-state index in [4.69, 9.17) is 0 Å². The van der Waals surface area contributed by atoms with E-state index in [1.54, 1.807) is 12.4 Å². The number of aromatic nitrogens is 6. The van der Waals surface area contributed by atoms with Crippen molar-refractivity contribution in [1.29, 1.82) is 0 Å². The summed E-state index contributed by atoms with van der Waals surface area (Å²) < 4.78 is 0. The van der Waals surface area contributed by atoms with Gasteiger partial charge in [-0.25, -0.2) is 19.9 Å². The number of benzene rings is 1. The van der Waals surface area contributed by atoms with Crippen LogP contribution in [0.15, 0.2) is 46.7 Å². The van der Waals surface area contributed by atoms with Crippen LogP contribution in [-0.4, -0.2) is 29.9 Å². The molecular weight excluding hydrogens is 300 g/mol. The molecule has 4 rings (SSSR count). The molecule has 108 valence electrons. The van der Waals surface area contributed by atoms with Gasteiger partial charge in [0.1, 0.15) is 22.7 Å². The summed E-state index contributed by atoms with van der Waals surface area (Å²) in [5.74, 6) is 1.12. The van der Waals surface area contributed by atoms with Crippen LogP contribution in [0.25, 0.3) is 22.1 Å². The highest BCUT2D eigenvalue weighted by Gasteiger charge is 2.08. The topological polar surface area (TPSA) is 100 Å². The summed E-state index contributed by atoms with van der Waals surface area (Å²) in [7, 11) is 0. The van der Waals surface area contributed by atoms with Crippen molar-refractivity contribution in [1.82, 2.24) is 29.9 Å². The molecule has 4 aromatic rings. The summed E-state index contributed by atoms with van der Waals surface area (Å²) in [4.78, 5) is 34.7. The van der Waals surface area contributed by atoms with Crippen LogP contribution in [0, 0.1) is 0 Å². The summed E-state index contributed by atoms with van der Waals surface area (Å²) in [6.07, 6.45) is 3.06. The highest BCUT2D eigenvalue weighted by Crippen LogP contribution is 2.24.